The Morgan fingerprint density at radius 2 is 2.10 bits per heavy atom. The Bertz CT molecular complexity index is 374. The van der Waals surface area contributed by atoms with Crippen molar-refractivity contribution < 1.29 is 9.53 Å². The van der Waals surface area contributed by atoms with Gasteiger partial charge in [-0.2, -0.15) is 5.26 Å². The van der Waals surface area contributed by atoms with E-state index in [9.17, 15) is 10.1 Å². The molecule has 0 aromatic heterocycles. The molecule has 2 aliphatic rings. The highest BCUT2D eigenvalue weighted by atomic mass is 16.5. The third-order valence-electron chi connectivity index (χ3n) is 4.29. The predicted octanol–water partition coefficient (Wildman–Crippen LogP) is 1.25. The van der Waals surface area contributed by atoms with Crippen LogP contribution in [0.2, 0.25) is 0 Å². The zero-order chi connectivity index (χ0) is 14.4. The molecule has 0 N–H and O–H groups in total. The molecule has 0 radical (unpaired) electrons. The van der Waals surface area contributed by atoms with Crippen LogP contribution in [0.15, 0.2) is 0 Å². The van der Waals surface area contributed by atoms with E-state index in [-0.39, 0.29) is 11.3 Å². The van der Waals surface area contributed by atoms with Crippen molar-refractivity contribution in [1.29, 1.82) is 5.26 Å². The number of likely N-dealkylation sites (tertiary alicyclic amines) is 1. The summed E-state index contributed by atoms with van der Waals surface area (Å²) in [5, 5.41) is 9.19. The maximum atomic E-state index is 12.2. The van der Waals surface area contributed by atoms with E-state index >= 15 is 0 Å². The van der Waals surface area contributed by atoms with Gasteiger partial charge in [0.2, 0.25) is 5.91 Å². The van der Waals surface area contributed by atoms with Crippen LogP contribution in [0.5, 0.6) is 0 Å². The molecule has 0 aromatic carbocycles. The Morgan fingerprint density at radius 3 is 2.80 bits per heavy atom. The van der Waals surface area contributed by atoms with Crippen molar-refractivity contribution in [3.8, 4) is 6.07 Å². The third-order valence-corrected chi connectivity index (χ3v) is 4.29. The topological polar surface area (TPSA) is 56.6 Å². The monoisotopic (exact) mass is 279 g/mol. The number of ether oxygens (including phenoxy) is 1. The zero-order valence-electron chi connectivity index (χ0n) is 12.4. The lowest BCUT2D eigenvalue weighted by atomic mass is 9.83. The highest BCUT2D eigenvalue weighted by Crippen LogP contribution is 2.28. The van der Waals surface area contributed by atoms with Gasteiger partial charge in [0, 0.05) is 32.6 Å². The minimum absolute atomic E-state index is 0.208. The smallest absolute Gasteiger partial charge is 0.222 e. The highest BCUT2D eigenvalue weighted by molar-refractivity contribution is 5.76. The second kappa shape index (κ2) is 7.05. The lowest BCUT2D eigenvalue weighted by molar-refractivity contribution is -0.133. The van der Waals surface area contributed by atoms with Gasteiger partial charge in [-0.25, -0.2) is 0 Å². The molecular formula is C15H25N3O2. The molecule has 5 nitrogen and oxygen atoms in total. The molecule has 0 unspecified atom stereocenters. The van der Waals surface area contributed by atoms with Crippen LogP contribution in [0.4, 0.5) is 0 Å². The van der Waals surface area contributed by atoms with Gasteiger partial charge in [0.05, 0.1) is 24.7 Å². The molecule has 0 saturated carbocycles. The Kier molecular flexibility index (Phi) is 5.38. The number of nitrogens with zero attached hydrogens (tertiary/aromatic N) is 3. The largest absolute Gasteiger partial charge is 0.379 e. The Hall–Kier alpha value is -1.12. The summed E-state index contributed by atoms with van der Waals surface area (Å²) >= 11 is 0. The fourth-order valence-electron chi connectivity index (χ4n) is 2.98. The van der Waals surface area contributed by atoms with E-state index < -0.39 is 0 Å². The molecule has 1 amide bonds. The van der Waals surface area contributed by atoms with Gasteiger partial charge in [-0.05, 0) is 32.7 Å². The first kappa shape index (κ1) is 15.3. The number of piperidine rings is 1. The van der Waals surface area contributed by atoms with Crippen molar-refractivity contribution in [1.82, 2.24) is 9.80 Å². The summed E-state index contributed by atoms with van der Waals surface area (Å²) in [6.07, 6.45) is 3.35. The van der Waals surface area contributed by atoms with Gasteiger partial charge in [0.25, 0.3) is 0 Å². The molecule has 2 aliphatic heterocycles. The normalized spacial score (nSPS) is 28.1. The molecule has 20 heavy (non-hydrogen) atoms. The third kappa shape index (κ3) is 4.19. The van der Waals surface area contributed by atoms with E-state index in [2.05, 4.69) is 11.0 Å². The van der Waals surface area contributed by atoms with Crippen LogP contribution in [0.1, 0.15) is 32.6 Å². The molecular weight excluding hydrogens is 254 g/mol. The van der Waals surface area contributed by atoms with E-state index in [1.54, 1.807) is 0 Å². The van der Waals surface area contributed by atoms with E-state index in [1.165, 1.54) is 0 Å². The number of carbonyl (C=O) groups excluding carboxylic acids is 1. The minimum atomic E-state index is -0.349. The number of hydrogen-bond acceptors (Lipinski definition) is 4. The number of morpholine rings is 1. The second-order valence-electron chi connectivity index (χ2n) is 6.15. The van der Waals surface area contributed by atoms with Crippen molar-refractivity contribution in [2.45, 2.75) is 32.6 Å². The maximum absolute atomic E-state index is 12.2. The van der Waals surface area contributed by atoms with E-state index in [1.807, 2.05) is 11.8 Å². The van der Waals surface area contributed by atoms with Crippen LogP contribution in [0, 0.1) is 16.7 Å². The summed E-state index contributed by atoms with van der Waals surface area (Å²) in [7, 11) is 0. The molecule has 0 aromatic rings. The molecule has 112 valence electrons. The molecule has 0 spiro atoms. The highest BCUT2D eigenvalue weighted by Gasteiger charge is 2.32. The standard InChI is InChI=1S/C15H25N3O2/c1-15(12-16)5-3-7-18(13-15)14(19)4-2-6-17-8-10-20-11-9-17/h2-11,13H2,1H3/t15-/m0/s1. The lowest BCUT2D eigenvalue weighted by Crippen LogP contribution is -2.44. The maximum Gasteiger partial charge on any atom is 0.222 e. The minimum Gasteiger partial charge on any atom is -0.379 e. The summed E-state index contributed by atoms with van der Waals surface area (Å²) in [6, 6.07) is 2.36. The fourth-order valence-corrected chi connectivity index (χ4v) is 2.98. The first-order chi connectivity index (χ1) is 9.63. The Balaban J connectivity index is 1.70. The number of hydrogen-bond donors (Lipinski definition) is 0. The first-order valence-corrected chi connectivity index (χ1v) is 7.62. The SMILES string of the molecule is C[C@@]1(C#N)CCCN(C(=O)CCCN2CCOCC2)C1. The number of carbonyl (C=O) groups is 1. The second-order valence-corrected chi connectivity index (χ2v) is 6.15. The molecule has 2 fully saturated rings. The van der Waals surface area contributed by atoms with Gasteiger partial charge >= 0.3 is 0 Å². The summed E-state index contributed by atoms with van der Waals surface area (Å²) in [5.74, 6) is 0.208. The predicted molar refractivity (Wildman–Crippen MR) is 76.0 cm³/mol. The summed E-state index contributed by atoms with van der Waals surface area (Å²) < 4.78 is 5.31. The van der Waals surface area contributed by atoms with Crippen LogP contribution in [-0.2, 0) is 9.53 Å². The summed E-state index contributed by atoms with van der Waals surface area (Å²) in [6.45, 7) is 7.90. The van der Waals surface area contributed by atoms with Crippen LogP contribution in [-0.4, -0.2) is 61.6 Å². The van der Waals surface area contributed by atoms with Gasteiger partial charge in [-0.15, -0.1) is 0 Å². The van der Waals surface area contributed by atoms with E-state index in [4.69, 9.17) is 4.74 Å². The van der Waals surface area contributed by atoms with Crippen molar-refractivity contribution >= 4 is 5.91 Å². The molecule has 0 bridgehead atoms. The van der Waals surface area contributed by atoms with Gasteiger partial charge in [0.15, 0.2) is 0 Å². The number of nitriles is 1. The Labute approximate surface area is 121 Å². The van der Waals surface area contributed by atoms with Crippen LogP contribution >= 0.6 is 0 Å². The van der Waals surface area contributed by atoms with Crippen LogP contribution in [0.3, 0.4) is 0 Å². The first-order valence-electron chi connectivity index (χ1n) is 7.62. The average Bonchev–Trinajstić information content (AvgIpc) is 2.48. The summed E-state index contributed by atoms with van der Waals surface area (Å²) in [5.41, 5.74) is -0.349. The van der Waals surface area contributed by atoms with Crippen LogP contribution in [0.25, 0.3) is 0 Å². The zero-order valence-corrected chi connectivity index (χ0v) is 12.4. The molecule has 2 heterocycles. The van der Waals surface area contributed by atoms with Crippen LogP contribution < -0.4 is 0 Å². The van der Waals surface area contributed by atoms with E-state index in [0.29, 0.717) is 13.0 Å². The van der Waals surface area contributed by atoms with Crippen molar-refractivity contribution in [2.24, 2.45) is 5.41 Å². The van der Waals surface area contributed by atoms with E-state index in [0.717, 1.165) is 58.7 Å². The van der Waals surface area contributed by atoms with Gasteiger partial charge < -0.3 is 9.64 Å². The van der Waals surface area contributed by atoms with Crippen molar-refractivity contribution in [2.75, 3.05) is 45.9 Å². The van der Waals surface area contributed by atoms with Gasteiger partial charge in [0.1, 0.15) is 0 Å². The molecule has 2 saturated heterocycles. The quantitative estimate of drug-likeness (QED) is 0.777. The number of amides is 1. The molecule has 5 heteroatoms. The van der Waals surface area contributed by atoms with Gasteiger partial charge in [-0.1, -0.05) is 0 Å². The fraction of sp³-hybridized carbons (Fsp3) is 0.867. The molecule has 1 atom stereocenters. The lowest BCUT2D eigenvalue weighted by Gasteiger charge is -2.36. The summed E-state index contributed by atoms with van der Waals surface area (Å²) in [4.78, 5) is 16.5. The molecule has 2 rings (SSSR count). The Morgan fingerprint density at radius 1 is 1.35 bits per heavy atom. The van der Waals surface area contributed by atoms with Crippen molar-refractivity contribution in [3.05, 3.63) is 0 Å². The number of rotatable bonds is 4. The van der Waals surface area contributed by atoms with Gasteiger partial charge in [-0.3, -0.25) is 9.69 Å². The van der Waals surface area contributed by atoms with Crippen molar-refractivity contribution in [3.63, 3.8) is 0 Å². The average molecular weight is 279 g/mol. The molecule has 0 aliphatic carbocycles.